The van der Waals surface area contributed by atoms with E-state index in [9.17, 15) is 4.79 Å². The number of fused-ring (bicyclic) bond motifs is 1. The molecule has 0 bridgehead atoms. The third-order valence-electron chi connectivity index (χ3n) is 5.44. The molecule has 160 valence electrons. The van der Waals surface area contributed by atoms with Crippen LogP contribution in [0.25, 0.3) is 0 Å². The quantitative estimate of drug-likeness (QED) is 0.748. The third kappa shape index (κ3) is 6.13. The van der Waals surface area contributed by atoms with Crippen molar-refractivity contribution in [2.24, 2.45) is 4.99 Å². The summed E-state index contributed by atoms with van der Waals surface area (Å²) in [7, 11) is 0. The first kappa shape index (κ1) is 22.0. The molecule has 6 heteroatoms. The van der Waals surface area contributed by atoms with Crippen LogP contribution in [-0.4, -0.2) is 49.3 Å². The number of aliphatic imine (C=N–C) groups is 1. The van der Waals surface area contributed by atoms with Crippen molar-refractivity contribution in [3.8, 4) is 0 Å². The van der Waals surface area contributed by atoms with Gasteiger partial charge >= 0.3 is 0 Å². The van der Waals surface area contributed by atoms with Crippen LogP contribution in [0.15, 0.2) is 52.1 Å². The summed E-state index contributed by atoms with van der Waals surface area (Å²) < 4.78 is 11.9. The van der Waals surface area contributed by atoms with Crippen molar-refractivity contribution in [2.75, 3.05) is 26.3 Å². The van der Waals surface area contributed by atoms with Gasteiger partial charge in [0.05, 0.1) is 13.0 Å². The van der Waals surface area contributed by atoms with Gasteiger partial charge in [0, 0.05) is 25.9 Å². The van der Waals surface area contributed by atoms with Crippen LogP contribution >= 0.6 is 0 Å². The van der Waals surface area contributed by atoms with E-state index < -0.39 is 0 Å². The predicted octanol–water partition coefficient (Wildman–Crippen LogP) is 4.06. The van der Waals surface area contributed by atoms with Crippen LogP contribution < -0.4 is 0 Å². The lowest BCUT2D eigenvalue weighted by Gasteiger charge is -2.26. The molecule has 2 aliphatic heterocycles. The molecule has 1 N–H and O–H groups in total. The van der Waals surface area contributed by atoms with E-state index in [1.165, 1.54) is 11.8 Å². The van der Waals surface area contributed by atoms with Crippen molar-refractivity contribution in [3.63, 3.8) is 0 Å². The molecule has 2 aliphatic rings. The van der Waals surface area contributed by atoms with Crippen molar-refractivity contribution in [1.82, 2.24) is 4.90 Å². The predicted molar refractivity (Wildman–Crippen MR) is 119 cm³/mol. The number of allylic oxidation sites excluding steroid dienone is 2. The average molecular weight is 410 g/mol. The SMILES string of the molecule is C/C(C=N)=C/C1=C(\C)CCCN(C2=NC(=O)Cc3ccccc3CO2)CCCOC1. The van der Waals surface area contributed by atoms with E-state index in [0.717, 1.165) is 54.6 Å². The lowest BCUT2D eigenvalue weighted by molar-refractivity contribution is -0.117. The second kappa shape index (κ2) is 10.9. The molecule has 0 fully saturated rings. The first-order valence-electron chi connectivity index (χ1n) is 10.6. The summed E-state index contributed by atoms with van der Waals surface area (Å²) in [5.41, 5.74) is 5.36. The minimum atomic E-state index is -0.173. The minimum Gasteiger partial charge on any atom is -0.460 e. The van der Waals surface area contributed by atoms with Gasteiger partial charge in [-0.3, -0.25) is 4.79 Å². The zero-order chi connectivity index (χ0) is 21.3. The van der Waals surface area contributed by atoms with Gasteiger partial charge in [-0.05, 0) is 55.4 Å². The molecule has 0 unspecified atom stereocenters. The topological polar surface area (TPSA) is 75.0 Å². The van der Waals surface area contributed by atoms with Crippen LogP contribution in [0, 0.1) is 5.41 Å². The van der Waals surface area contributed by atoms with Crippen LogP contribution in [0.5, 0.6) is 0 Å². The highest BCUT2D eigenvalue weighted by Crippen LogP contribution is 2.18. The molecular formula is C24H31N3O3. The second-order valence-electron chi connectivity index (χ2n) is 7.86. The number of rotatable bonds is 2. The number of nitrogens with zero attached hydrogens (tertiary/aromatic N) is 2. The molecule has 3 rings (SSSR count). The van der Waals surface area contributed by atoms with E-state index in [0.29, 0.717) is 32.3 Å². The zero-order valence-corrected chi connectivity index (χ0v) is 17.9. The number of ether oxygens (including phenoxy) is 2. The molecule has 1 amide bonds. The van der Waals surface area contributed by atoms with Gasteiger partial charge < -0.3 is 19.8 Å². The van der Waals surface area contributed by atoms with Crippen LogP contribution in [0.4, 0.5) is 0 Å². The van der Waals surface area contributed by atoms with Crippen molar-refractivity contribution >= 4 is 18.1 Å². The highest BCUT2D eigenvalue weighted by atomic mass is 16.5. The molecule has 1 aromatic rings. The molecule has 0 aromatic heterocycles. The highest BCUT2D eigenvalue weighted by Gasteiger charge is 2.20. The fourth-order valence-corrected chi connectivity index (χ4v) is 3.66. The fraction of sp³-hybridized carbons (Fsp3) is 0.458. The summed E-state index contributed by atoms with van der Waals surface area (Å²) in [4.78, 5) is 18.8. The van der Waals surface area contributed by atoms with Gasteiger partial charge in [0.15, 0.2) is 0 Å². The summed E-state index contributed by atoms with van der Waals surface area (Å²) in [6.07, 6.45) is 6.39. The molecule has 0 atom stereocenters. The number of carbonyl (C=O) groups excluding carboxylic acids is 1. The van der Waals surface area contributed by atoms with Crippen LogP contribution in [-0.2, 0) is 27.3 Å². The lowest BCUT2D eigenvalue weighted by atomic mass is 10.0. The minimum absolute atomic E-state index is 0.173. The Hall–Kier alpha value is -2.73. The molecular weight excluding hydrogens is 378 g/mol. The van der Waals surface area contributed by atoms with Gasteiger partial charge in [-0.2, -0.15) is 4.99 Å². The number of hydrogen-bond donors (Lipinski definition) is 1. The lowest BCUT2D eigenvalue weighted by Crippen LogP contribution is -2.36. The van der Waals surface area contributed by atoms with E-state index in [2.05, 4.69) is 16.8 Å². The number of amides is 1. The smallest absolute Gasteiger partial charge is 0.295 e. The van der Waals surface area contributed by atoms with E-state index in [-0.39, 0.29) is 5.91 Å². The largest absolute Gasteiger partial charge is 0.460 e. The number of benzene rings is 1. The molecule has 0 radical (unpaired) electrons. The monoisotopic (exact) mass is 409 g/mol. The van der Waals surface area contributed by atoms with Crippen LogP contribution in [0.1, 0.15) is 44.2 Å². The normalized spacial score (nSPS) is 22.1. The van der Waals surface area contributed by atoms with Crippen molar-refractivity contribution in [1.29, 1.82) is 5.41 Å². The Labute approximate surface area is 178 Å². The molecule has 0 spiro atoms. The third-order valence-corrected chi connectivity index (χ3v) is 5.44. The van der Waals surface area contributed by atoms with Crippen molar-refractivity contribution in [2.45, 2.75) is 46.1 Å². The maximum atomic E-state index is 12.5. The first-order valence-corrected chi connectivity index (χ1v) is 10.6. The van der Waals surface area contributed by atoms with Gasteiger partial charge in [-0.15, -0.1) is 0 Å². The van der Waals surface area contributed by atoms with Gasteiger partial charge in [-0.25, -0.2) is 0 Å². The average Bonchev–Trinajstić information content (AvgIpc) is 2.76. The molecule has 0 saturated heterocycles. The van der Waals surface area contributed by atoms with Crippen LogP contribution in [0.3, 0.4) is 0 Å². The number of amidine groups is 1. The van der Waals surface area contributed by atoms with Crippen molar-refractivity contribution < 1.29 is 14.3 Å². The van der Waals surface area contributed by atoms with E-state index in [1.807, 2.05) is 37.3 Å². The fourth-order valence-electron chi connectivity index (χ4n) is 3.66. The van der Waals surface area contributed by atoms with Crippen molar-refractivity contribution in [3.05, 3.63) is 58.2 Å². The molecule has 2 heterocycles. The van der Waals surface area contributed by atoms with E-state index >= 15 is 0 Å². The summed E-state index contributed by atoms with van der Waals surface area (Å²) >= 11 is 0. The summed E-state index contributed by atoms with van der Waals surface area (Å²) in [6, 6.07) is 8.30. The number of hydrogen-bond acceptors (Lipinski definition) is 5. The maximum absolute atomic E-state index is 12.5. The van der Waals surface area contributed by atoms with Gasteiger partial charge in [0.25, 0.3) is 11.9 Å². The maximum Gasteiger partial charge on any atom is 0.295 e. The summed E-state index contributed by atoms with van der Waals surface area (Å²) in [5.74, 6) is -0.173. The number of nitrogens with one attached hydrogen (secondary N) is 1. The Kier molecular flexibility index (Phi) is 7.97. The first-order chi connectivity index (χ1) is 14.6. The second-order valence-corrected chi connectivity index (χ2v) is 7.86. The highest BCUT2D eigenvalue weighted by molar-refractivity contribution is 5.92. The van der Waals surface area contributed by atoms with Gasteiger partial charge in [-0.1, -0.05) is 35.9 Å². The van der Waals surface area contributed by atoms with Gasteiger partial charge in [0.1, 0.15) is 6.61 Å². The molecule has 0 aliphatic carbocycles. The Bertz CT molecular complexity index is 870. The summed E-state index contributed by atoms with van der Waals surface area (Å²) in [6.45, 7) is 7.16. The molecule has 30 heavy (non-hydrogen) atoms. The Morgan fingerprint density at radius 2 is 1.93 bits per heavy atom. The Morgan fingerprint density at radius 3 is 2.73 bits per heavy atom. The standard InChI is InChI=1S/C24H31N3O3/c1-18(15-25)13-22-16-29-12-6-11-27(10-5-7-19(22)2)24-26-23(28)14-20-8-3-4-9-21(20)17-30-24/h3-4,8-9,13,15,25H,5-7,10-12,14,16-17H2,1-2H3/b18-13-,22-19-,25-15?,26-24?. The molecule has 6 nitrogen and oxygen atoms in total. The van der Waals surface area contributed by atoms with Crippen LogP contribution in [0.2, 0.25) is 0 Å². The number of carbonyl (C=O) groups is 1. The van der Waals surface area contributed by atoms with Gasteiger partial charge in [0.2, 0.25) is 0 Å². The summed E-state index contributed by atoms with van der Waals surface area (Å²) in [5, 5.41) is 7.42. The van der Waals surface area contributed by atoms with E-state index in [4.69, 9.17) is 14.9 Å². The molecule has 0 saturated carbocycles. The molecule has 1 aromatic carbocycles. The Morgan fingerprint density at radius 1 is 1.17 bits per heavy atom. The Balaban J connectivity index is 1.73. The van der Waals surface area contributed by atoms with E-state index in [1.54, 1.807) is 0 Å². The zero-order valence-electron chi connectivity index (χ0n) is 17.9.